The summed E-state index contributed by atoms with van der Waals surface area (Å²) in [7, 11) is 0. The number of rotatable bonds is 15. The molecule has 0 rings (SSSR count). The molecule has 2 nitrogen and oxygen atoms in total. The van der Waals surface area contributed by atoms with Gasteiger partial charge in [0.15, 0.2) is 0 Å². The van der Waals surface area contributed by atoms with Gasteiger partial charge < -0.3 is 9.90 Å². The number of carbonyl (C=O) groups excluding carboxylic acids is 1. The van der Waals surface area contributed by atoms with Crippen molar-refractivity contribution in [1.29, 1.82) is 0 Å². The Hall–Kier alpha value is 1.24. The molecule has 0 heterocycles. The average molecular weight is 346 g/mol. The number of carbonyl (C=O) groups is 1. The van der Waals surface area contributed by atoms with Crippen LogP contribution in [0.4, 0.5) is 0 Å². The van der Waals surface area contributed by atoms with E-state index in [-0.39, 0.29) is 67.2 Å². The molecule has 22 heavy (non-hydrogen) atoms. The predicted octanol–water partition coefficient (Wildman–Crippen LogP) is 4.01. The van der Waals surface area contributed by atoms with E-state index in [1.54, 1.807) is 0 Å². The van der Waals surface area contributed by atoms with Crippen LogP contribution in [-0.2, 0) is 4.79 Å². The monoisotopic (exact) mass is 345 g/mol. The summed E-state index contributed by atoms with van der Waals surface area (Å²) in [5.74, 6) is -0.914. The van der Waals surface area contributed by atoms with Crippen LogP contribution >= 0.6 is 0 Å². The number of unbranched alkanes of at least 4 members (excludes halogenated alkanes) is 11. The van der Waals surface area contributed by atoms with Crippen molar-refractivity contribution in [2.75, 3.05) is 0 Å². The molecule has 0 atom stereocenters. The van der Waals surface area contributed by atoms with Crippen molar-refractivity contribution in [2.45, 2.75) is 96.8 Å². The van der Waals surface area contributed by atoms with Crippen molar-refractivity contribution in [1.82, 2.24) is 0 Å². The zero-order chi connectivity index (χ0) is 14.9. The van der Waals surface area contributed by atoms with Gasteiger partial charge in [-0.15, -0.1) is 0 Å². The standard InChI is InChI=1S/C18H34O2.Ca.Mg/c1-2-3-4-5-6-7-8-9-10-11-12-13-14-15-16-17-18(19)20;;/h9-10H,2-8,11-17H2,1H3,(H,19,20);;/q;2*+2/p-1. The van der Waals surface area contributed by atoms with Gasteiger partial charge in [-0.1, -0.05) is 70.4 Å². The molecule has 0 amide bonds. The van der Waals surface area contributed by atoms with E-state index in [2.05, 4.69) is 19.1 Å². The molecular weight excluding hydrogens is 313 g/mol. The van der Waals surface area contributed by atoms with Crippen molar-refractivity contribution in [3.8, 4) is 0 Å². The first-order valence-corrected chi connectivity index (χ1v) is 8.62. The third-order valence-corrected chi connectivity index (χ3v) is 3.64. The van der Waals surface area contributed by atoms with E-state index in [9.17, 15) is 9.90 Å². The van der Waals surface area contributed by atoms with Crippen LogP contribution < -0.4 is 5.11 Å². The summed E-state index contributed by atoms with van der Waals surface area (Å²) in [5, 5.41) is 10.2. The largest absolute Gasteiger partial charge is 2.00 e. The first-order valence-electron chi connectivity index (χ1n) is 8.62. The van der Waals surface area contributed by atoms with Crippen molar-refractivity contribution < 1.29 is 9.90 Å². The second kappa shape index (κ2) is 24.5. The third-order valence-electron chi connectivity index (χ3n) is 3.64. The van der Waals surface area contributed by atoms with Crippen molar-refractivity contribution in [3.63, 3.8) is 0 Å². The molecular formula is C18H33CaMgO2+3. The van der Waals surface area contributed by atoms with Gasteiger partial charge in [0, 0.05) is 5.97 Å². The maximum atomic E-state index is 10.2. The van der Waals surface area contributed by atoms with Crippen LogP contribution in [0.5, 0.6) is 0 Å². The number of aliphatic carboxylic acids is 1. The molecule has 118 valence electrons. The maximum absolute atomic E-state index is 10.2. The Bertz CT molecular complexity index is 245. The Morgan fingerprint density at radius 3 is 1.64 bits per heavy atom. The van der Waals surface area contributed by atoms with E-state index in [0.29, 0.717) is 0 Å². The van der Waals surface area contributed by atoms with E-state index in [0.717, 1.165) is 19.3 Å². The normalized spacial score (nSPS) is 10.2. The SMILES string of the molecule is CCCCCCCCC=CCCCCCCCC(=O)[O-].[Ca+2].[Mg+2]. The number of carboxylic acid groups (broad SMARTS) is 1. The van der Waals surface area contributed by atoms with Crippen LogP contribution in [0.15, 0.2) is 12.2 Å². The van der Waals surface area contributed by atoms with E-state index in [1.165, 1.54) is 64.2 Å². The molecule has 0 aliphatic rings. The fourth-order valence-electron chi connectivity index (χ4n) is 2.34. The summed E-state index contributed by atoms with van der Waals surface area (Å²) >= 11 is 0. The minimum Gasteiger partial charge on any atom is -0.550 e. The van der Waals surface area contributed by atoms with Crippen molar-refractivity contribution >= 4 is 66.8 Å². The maximum Gasteiger partial charge on any atom is 2.00 e. The van der Waals surface area contributed by atoms with Gasteiger partial charge in [-0.05, 0) is 38.5 Å². The van der Waals surface area contributed by atoms with Crippen LogP contribution in [0.25, 0.3) is 0 Å². The van der Waals surface area contributed by atoms with E-state index in [4.69, 9.17) is 0 Å². The second-order valence-electron chi connectivity index (χ2n) is 5.71. The molecule has 0 bridgehead atoms. The predicted molar refractivity (Wildman–Crippen MR) is 96.0 cm³/mol. The molecule has 0 aromatic carbocycles. The van der Waals surface area contributed by atoms with Gasteiger partial charge in [-0.2, -0.15) is 0 Å². The van der Waals surface area contributed by atoms with Crippen LogP contribution in [-0.4, -0.2) is 66.8 Å². The Morgan fingerprint density at radius 2 is 1.18 bits per heavy atom. The first-order chi connectivity index (χ1) is 9.77. The van der Waals surface area contributed by atoms with E-state index >= 15 is 0 Å². The molecule has 0 aliphatic carbocycles. The number of hydrogen-bond acceptors (Lipinski definition) is 2. The van der Waals surface area contributed by atoms with Crippen LogP contribution in [0.2, 0.25) is 0 Å². The summed E-state index contributed by atoms with van der Waals surface area (Å²) in [6, 6.07) is 0. The average Bonchev–Trinajstić information content (AvgIpc) is 2.43. The van der Waals surface area contributed by atoms with E-state index < -0.39 is 5.97 Å². The van der Waals surface area contributed by atoms with Gasteiger partial charge >= 0.3 is 60.8 Å². The van der Waals surface area contributed by atoms with Crippen LogP contribution in [0.1, 0.15) is 96.8 Å². The molecule has 0 saturated heterocycles. The van der Waals surface area contributed by atoms with Gasteiger partial charge in [0.2, 0.25) is 0 Å². The number of hydrogen-bond donors (Lipinski definition) is 0. The topological polar surface area (TPSA) is 40.1 Å². The van der Waals surface area contributed by atoms with E-state index in [1.807, 2.05) is 0 Å². The van der Waals surface area contributed by atoms with Crippen LogP contribution in [0, 0.1) is 0 Å². The molecule has 0 fully saturated rings. The van der Waals surface area contributed by atoms with Gasteiger partial charge in [0.05, 0.1) is 0 Å². The van der Waals surface area contributed by atoms with Crippen LogP contribution in [0.3, 0.4) is 0 Å². The molecule has 4 heteroatoms. The zero-order valence-electron chi connectivity index (χ0n) is 14.8. The Balaban J connectivity index is -0.00000180. The molecule has 0 saturated carbocycles. The zero-order valence-corrected chi connectivity index (χ0v) is 18.4. The summed E-state index contributed by atoms with van der Waals surface area (Å²) in [5.41, 5.74) is 0. The summed E-state index contributed by atoms with van der Waals surface area (Å²) < 4.78 is 0. The van der Waals surface area contributed by atoms with Gasteiger partial charge in [0.25, 0.3) is 0 Å². The minimum atomic E-state index is -0.914. The summed E-state index contributed by atoms with van der Waals surface area (Å²) in [6.45, 7) is 2.26. The molecule has 0 radical (unpaired) electrons. The molecule has 0 spiro atoms. The fourth-order valence-corrected chi connectivity index (χ4v) is 2.34. The van der Waals surface area contributed by atoms with Crippen molar-refractivity contribution in [2.24, 2.45) is 0 Å². The molecule has 0 unspecified atom stereocenters. The summed E-state index contributed by atoms with van der Waals surface area (Å²) in [6.07, 6.45) is 20.9. The summed E-state index contributed by atoms with van der Waals surface area (Å²) in [4.78, 5) is 10.2. The van der Waals surface area contributed by atoms with Gasteiger partial charge in [-0.25, -0.2) is 0 Å². The molecule has 0 aromatic heterocycles. The molecule has 0 aliphatic heterocycles. The number of allylic oxidation sites excluding steroid dienone is 2. The van der Waals surface area contributed by atoms with Gasteiger partial charge in [-0.3, -0.25) is 0 Å². The quantitative estimate of drug-likeness (QED) is 0.255. The fraction of sp³-hybridized carbons (Fsp3) is 0.833. The number of carboxylic acids is 1. The van der Waals surface area contributed by atoms with Crippen molar-refractivity contribution in [3.05, 3.63) is 12.2 Å². The first kappa shape index (κ1) is 28.1. The molecule has 0 aromatic rings. The Kier molecular flexibility index (Phi) is 31.2. The van der Waals surface area contributed by atoms with Gasteiger partial charge in [0.1, 0.15) is 0 Å². The molecule has 0 N–H and O–H groups in total. The third kappa shape index (κ3) is 26.1. The Morgan fingerprint density at radius 1 is 0.773 bits per heavy atom. The Labute approximate surface area is 184 Å². The second-order valence-corrected chi connectivity index (χ2v) is 5.71. The smallest absolute Gasteiger partial charge is 0.550 e. The minimum absolute atomic E-state index is 0.